The first-order valence-corrected chi connectivity index (χ1v) is 5.59. The quantitative estimate of drug-likeness (QED) is 0.782. The fraction of sp³-hybridized carbons (Fsp3) is 0.583. The molecule has 0 amide bonds. The van der Waals surface area contributed by atoms with Gasteiger partial charge in [0, 0.05) is 0 Å². The first kappa shape index (κ1) is 12.8. The molecule has 0 bridgehead atoms. The average molecular weight is 226 g/mol. The number of aliphatic hydroxyl groups is 1. The predicted octanol–water partition coefficient (Wildman–Crippen LogP) is 2.77. The number of hydrogen-bond donors (Lipinski definition) is 2. The van der Waals surface area contributed by atoms with Crippen molar-refractivity contribution >= 4 is 5.97 Å². The summed E-state index contributed by atoms with van der Waals surface area (Å²) < 4.78 is 5.17. The summed E-state index contributed by atoms with van der Waals surface area (Å²) in [5.74, 6) is -0.879. The Bertz CT molecular complexity index is 348. The average Bonchev–Trinajstić information content (AvgIpc) is 2.67. The number of carbonyl (C=O) groups is 1. The standard InChI is InChI=1S/C12H18O4/c1-3-7-12(15,8-4-2)10-6-5-9(16-10)11(13)14/h5-6,15H,3-4,7-8H2,1-2H3,(H,13,14). The number of carboxylic acid groups (broad SMARTS) is 1. The molecule has 0 spiro atoms. The molecule has 0 aliphatic rings. The van der Waals surface area contributed by atoms with Gasteiger partial charge < -0.3 is 14.6 Å². The Morgan fingerprint density at radius 1 is 1.31 bits per heavy atom. The highest BCUT2D eigenvalue weighted by atomic mass is 16.4. The summed E-state index contributed by atoms with van der Waals surface area (Å²) >= 11 is 0. The lowest BCUT2D eigenvalue weighted by atomic mass is 9.90. The fourth-order valence-electron chi connectivity index (χ4n) is 1.90. The van der Waals surface area contributed by atoms with E-state index in [-0.39, 0.29) is 5.76 Å². The van der Waals surface area contributed by atoms with Crippen molar-refractivity contribution in [2.75, 3.05) is 0 Å². The van der Waals surface area contributed by atoms with Crippen LogP contribution in [0.3, 0.4) is 0 Å². The molecule has 2 N–H and O–H groups in total. The fourth-order valence-corrected chi connectivity index (χ4v) is 1.90. The van der Waals surface area contributed by atoms with Crippen LogP contribution in [0.25, 0.3) is 0 Å². The lowest BCUT2D eigenvalue weighted by molar-refractivity contribution is -0.00480. The van der Waals surface area contributed by atoms with Crippen molar-refractivity contribution in [2.24, 2.45) is 0 Å². The minimum absolute atomic E-state index is 0.124. The van der Waals surface area contributed by atoms with Crippen LogP contribution in [0.15, 0.2) is 16.5 Å². The highest BCUT2D eigenvalue weighted by Gasteiger charge is 2.31. The highest BCUT2D eigenvalue weighted by molar-refractivity contribution is 5.84. The van der Waals surface area contributed by atoms with Crippen LogP contribution >= 0.6 is 0 Å². The molecule has 1 rings (SSSR count). The van der Waals surface area contributed by atoms with Crippen LogP contribution in [0.1, 0.15) is 55.8 Å². The first-order valence-electron chi connectivity index (χ1n) is 5.59. The normalized spacial score (nSPS) is 11.7. The number of rotatable bonds is 6. The summed E-state index contributed by atoms with van der Waals surface area (Å²) in [6.07, 6.45) is 2.79. The largest absolute Gasteiger partial charge is 0.475 e. The second-order valence-corrected chi connectivity index (χ2v) is 4.00. The number of hydrogen-bond acceptors (Lipinski definition) is 3. The van der Waals surface area contributed by atoms with E-state index < -0.39 is 11.6 Å². The molecule has 0 radical (unpaired) electrons. The third kappa shape index (κ3) is 2.64. The van der Waals surface area contributed by atoms with E-state index in [0.717, 1.165) is 12.8 Å². The predicted molar refractivity (Wildman–Crippen MR) is 59.4 cm³/mol. The van der Waals surface area contributed by atoms with Crippen LogP contribution in [0.5, 0.6) is 0 Å². The van der Waals surface area contributed by atoms with Gasteiger partial charge in [-0.2, -0.15) is 0 Å². The third-order valence-electron chi connectivity index (χ3n) is 2.60. The third-order valence-corrected chi connectivity index (χ3v) is 2.60. The van der Waals surface area contributed by atoms with E-state index in [1.807, 2.05) is 13.8 Å². The summed E-state index contributed by atoms with van der Waals surface area (Å²) in [4.78, 5) is 10.7. The van der Waals surface area contributed by atoms with E-state index in [4.69, 9.17) is 9.52 Å². The molecule has 0 saturated heterocycles. The second kappa shape index (κ2) is 5.16. The van der Waals surface area contributed by atoms with Crippen molar-refractivity contribution in [3.8, 4) is 0 Å². The molecule has 0 aromatic carbocycles. The van der Waals surface area contributed by atoms with Crippen LogP contribution in [-0.2, 0) is 5.60 Å². The zero-order valence-corrected chi connectivity index (χ0v) is 9.69. The number of carboxylic acids is 1. The molecule has 0 atom stereocenters. The zero-order valence-electron chi connectivity index (χ0n) is 9.69. The van der Waals surface area contributed by atoms with Gasteiger partial charge in [-0.15, -0.1) is 0 Å². The van der Waals surface area contributed by atoms with Gasteiger partial charge in [0.2, 0.25) is 5.76 Å². The molecule has 0 saturated carbocycles. The summed E-state index contributed by atoms with van der Waals surface area (Å²) in [6.45, 7) is 3.95. The SMILES string of the molecule is CCCC(O)(CCC)c1ccc(C(=O)O)o1. The van der Waals surface area contributed by atoms with Crippen molar-refractivity contribution in [1.82, 2.24) is 0 Å². The lowest BCUT2D eigenvalue weighted by Crippen LogP contribution is -2.24. The topological polar surface area (TPSA) is 70.7 Å². The zero-order chi connectivity index (χ0) is 12.2. The molecule has 0 aliphatic carbocycles. The van der Waals surface area contributed by atoms with Gasteiger partial charge >= 0.3 is 5.97 Å². The smallest absolute Gasteiger partial charge is 0.371 e. The van der Waals surface area contributed by atoms with Crippen LogP contribution in [0.4, 0.5) is 0 Å². The molecule has 4 heteroatoms. The lowest BCUT2D eigenvalue weighted by Gasteiger charge is -2.24. The van der Waals surface area contributed by atoms with Crippen LogP contribution in [0.2, 0.25) is 0 Å². The monoisotopic (exact) mass is 226 g/mol. The maximum Gasteiger partial charge on any atom is 0.371 e. The molecule has 0 fully saturated rings. The van der Waals surface area contributed by atoms with Gasteiger partial charge in [-0.05, 0) is 25.0 Å². The summed E-state index contributed by atoms with van der Waals surface area (Å²) in [7, 11) is 0. The minimum Gasteiger partial charge on any atom is -0.475 e. The Balaban J connectivity index is 2.96. The molecule has 0 aliphatic heterocycles. The molecule has 16 heavy (non-hydrogen) atoms. The van der Waals surface area contributed by atoms with Crippen LogP contribution in [-0.4, -0.2) is 16.2 Å². The van der Waals surface area contributed by atoms with Gasteiger partial charge in [0.25, 0.3) is 0 Å². The maximum absolute atomic E-state index is 10.7. The van der Waals surface area contributed by atoms with Crippen molar-refractivity contribution in [3.05, 3.63) is 23.7 Å². The maximum atomic E-state index is 10.7. The van der Waals surface area contributed by atoms with E-state index in [9.17, 15) is 9.90 Å². The van der Waals surface area contributed by atoms with Crippen LogP contribution < -0.4 is 0 Å². The Morgan fingerprint density at radius 2 is 1.88 bits per heavy atom. The summed E-state index contributed by atoms with van der Waals surface area (Å²) in [5.41, 5.74) is -1.03. The van der Waals surface area contributed by atoms with E-state index in [1.165, 1.54) is 6.07 Å². The van der Waals surface area contributed by atoms with E-state index in [2.05, 4.69) is 0 Å². The summed E-state index contributed by atoms with van der Waals surface area (Å²) in [6, 6.07) is 2.93. The van der Waals surface area contributed by atoms with Crippen molar-refractivity contribution in [2.45, 2.75) is 45.1 Å². The molecular weight excluding hydrogens is 208 g/mol. The van der Waals surface area contributed by atoms with Gasteiger partial charge in [-0.3, -0.25) is 0 Å². The van der Waals surface area contributed by atoms with E-state index in [0.29, 0.717) is 18.6 Å². The molecule has 0 unspecified atom stereocenters. The van der Waals surface area contributed by atoms with E-state index in [1.54, 1.807) is 6.07 Å². The van der Waals surface area contributed by atoms with Gasteiger partial charge in [0.1, 0.15) is 11.4 Å². The molecule has 1 aromatic rings. The Kier molecular flexibility index (Phi) is 4.12. The molecular formula is C12H18O4. The number of furan rings is 1. The van der Waals surface area contributed by atoms with Crippen molar-refractivity contribution < 1.29 is 19.4 Å². The van der Waals surface area contributed by atoms with E-state index >= 15 is 0 Å². The van der Waals surface area contributed by atoms with Crippen LogP contribution in [0, 0.1) is 0 Å². The molecule has 90 valence electrons. The van der Waals surface area contributed by atoms with Gasteiger partial charge in [-0.25, -0.2) is 4.79 Å². The van der Waals surface area contributed by atoms with Crippen molar-refractivity contribution in [1.29, 1.82) is 0 Å². The molecule has 1 aromatic heterocycles. The van der Waals surface area contributed by atoms with Gasteiger partial charge in [0.15, 0.2) is 0 Å². The molecule has 1 heterocycles. The second-order valence-electron chi connectivity index (χ2n) is 4.00. The summed E-state index contributed by atoms with van der Waals surface area (Å²) in [5, 5.41) is 19.1. The number of aromatic carboxylic acids is 1. The van der Waals surface area contributed by atoms with Gasteiger partial charge in [-0.1, -0.05) is 26.7 Å². The Hall–Kier alpha value is -1.29. The minimum atomic E-state index is -1.11. The molecule has 4 nitrogen and oxygen atoms in total. The Labute approximate surface area is 94.9 Å². The first-order chi connectivity index (χ1) is 7.53. The Morgan fingerprint density at radius 3 is 2.25 bits per heavy atom. The van der Waals surface area contributed by atoms with Crippen molar-refractivity contribution in [3.63, 3.8) is 0 Å². The highest BCUT2D eigenvalue weighted by Crippen LogP contribution is 2.32. The van der Waals surface area contributed by atoms with Gasteiger partial charge in [0.05, 0.1) is 0 Å².